The van der Waals surface area contributed by atoms with Crippen LogP contribution in [0.15, 0.2) is 18.2 Å². The Morgan fingerprint density at radius 2 is 1.83 bits per heavy atom. The Morgan fingerprint density at radius 1 is 1.17 bits per heavy atom. The minimum atomic E-state index is -2.96. The zero-order valence-corrected chi connectivity index (χ0v) is 17.3. The number of alkyl halides is 2. The summed E-state index contributed by atoms with van der Waals surface area (Å²) >= 11 is 0. The molecule has 29 heavy (non-hydrogen) atoms. The molecule has 2 fully saturated rings. The Hall–Kier alpha value is -2.12. The number of nitrogen functional groups attached to an aromatic ring is 1. The third kappa shape index (κ3) is 5.08. The molecule has 2 aliphatic rings. The molecule has 0 spiro atoms. The van der Waals surface area contributed by atoms with E-state index in [9.17, 15) is 18.0 Å². The Morgan fingerprint density at radius 3 is 2.38 bits per heavy atom. The monoisotopic (exact) mass is 413 g/mol. The van der Waals surface area contributed by atoms with Crippen molar-refractivity contribution in [2.45, 2.75) is 51.6 Å². The highest BCUT2D eigenvalue weighted by Crippen LogP contribution is 2.42. The molecule has 2 aliphatic heterocycles. The van der Waals surface area contributed by atoms with Crippen molar-refractivity contribution < 1.29 is 22.7 Å². The van der Waals surface area contributed by atoms with E-state index >= 15 is 0 Å². The molecule has 162 valence electrons. The minimum Gasteiger partial charge on any atom is -0.444 e. The zero-order chi connectivity index (χ0) is 21.4. The van der Waals surface area contributed by atoms with E-state index in [0.717, 1.165) is 4.90 Å². The lowest BCUT2D eigenvalue weighted by molar-refractivity contribution is -0.130. The van der Waals surface area contributed by atoms with Gasteiger partial charge in [0.25, 0.3) is 5.92 Å². The van der Waals surface area contributed by atoms with Crippen LogP contribution < -0.4 is 10.6 Å². The molecule has 1 amide bonds. The molecule has 0 bridgehead atoms. The lowest BCUT2D eigenvalue weighted by atomic mass is 9.76. The van der Waals surface area contributed by atoms with Gasteiger partial charge in [0.1, 0.15) is 11.4 Å². The number of amides is 1. The molecule has 0 aromatic heterocycles. The van der Waals surface area contributed by atoms with Crippen molar-refractivity contribution in [3.63, 3.8) is 0 Å². The largest absolute Gasteiger partial charge is 0.444 e. The predicted molar refractivity (Wildman–Crippen MR) is 107 cm³/mol. The van der Waals surface area contributed by atoms with Crippen molar-refractivity contribution in [2.75, 3.05) is 36.8 Å². The summed E-state index contributed by atoms with van der Waals surface area (Å²) in [7, 11) is 0. The standard InChI is InChI=1S/C21H30F3N3O2/c1-20(2,3)29-19(28)27-11-8-16(21(23,24)13-27)14-6-9-26(10-7-14)18-5-4-15(25)12-17(18)22/h4-5,12,14,16H,6-11,13,25H2,1-3H3/t16-/m1/s1. The van der Waals surface area contributed by atoms with Gasteiger partial charge in [-0.3, -0.25) is 0 Å². The highest BCUT2D eigenvalue weighted by Gasteiger charge is 2.50. The number of nitrogens with zero attached hydrogens (tertiary/aromatic N) is 2. The number of nitrogens with two attached hydrogens (primary N) is 1. The van der Waals surface area contributed by atoms with Crippen LogP contribution in [0.4, 0.5) is 29.3 Å². The molecular formula is C21H30F3N3O2. The maximum atomic E-state index is 14.9. The third-order valence-corrected chi connectivity index (χ3v) is 5.73. The van der Waals surface area contributed by atoms with Gasteiger partial charge in [0, 0.05) is 31.2 Å². The molecule has 1 aromatic carbocycles. The molecule has 0 saturated carbocycles. The number of anilines is 2. The summed E-state index contributed by atoms with van der Waals surface area (Å²) in [6.07, 6.45) is 0.685. The number of ether oxygens (including phenoxy) is 1. The van der Waals surface area contributed by atoms with E-state index in [0.29, 0.717) is 37.3 Å². The quantitative estimate of drug-likeness (QED) is 0.725. The predicted octanol–water partition coefficient (Wildman–Crippen LogP) is 4.52. The lowest BCUT2D eigenvalue weighted by Gasteiger charge is -2.44. The van der Waals surface area contributed by atoms with E-state index in [-0.39, 0.29) is 24.7 Å². The number of piperidine rings is 2. The van der Waals surface area contributed by atoms with Crippen molar-refractivity contribution in [3.8, 4) is 0 Å². The maximum absolute atomic E-state index is 14.9. The van der Waals surface area contributed by atoms with Gasteiger partial charge in [0.05, 0.1) is 12.2 Å². The van der Waals surface area contributed by atoms with Crippen LogP contribution in [0.25, 0.3) is 0 Å². The summed E-state index contributed by atoms with van der Waals surface area (Å²) in [4.78, 5) is 15.2. The molecule has 8 heteroatoms. The molecule has 2 N–H and O–H groups in total. The first-order chi connectivity index (χ1) is 13.5. The number of rotatable bonds is 2. The highest BCUT2D eigenvalue weighted by molar-refractivity contribution is 5.68. The Labute approximate surface area is 170 Å². The first-order valence-corrected chi connectivity index (χ1v) is 10.1. The fourth-order valence-electron chi connectivity index (χ4n) is 4.34. The van der Waals surface area contributed by atoms with Crippen LogP contribution in [0.5, 0.6) is 0 Å². The third-order valence-electron chi connectivity index (χ3n) is 5.73. The second-order valence-electron chi connectivity index (χ2n) is 9.09. The van der Waals surface area contributed by atoms with Crippen LogP contribution in [0.1, 0.15) is 40.0 Å². The van der Waals surface area contributed by atoms with E-state index < -0.39 is 30.1 Å². The van der Waals surface area contributed by atoms with Crippen molar-refractivity contribution in [2.24, 2.45) is 11.8 Å². The van der Waals surface area contributed by atoms with Gasteiger partial charge >= 0.3 is 6.09 Å². The summed E-state index contributed by atoms with van der Waals surface area (Å²) in [5, 5.41) is 0. The molecule has 0 radical (unpaired) electrons. The number of likely N-dealkylation sites (tertiary alicyclic amines) is 1. The average molecular weight is 413 g/mol. The normalized spacial score (nSPS) is 23.2. The minimum absolute atomic E-state index is 0.154. The number of benzene rings is 1. The molecule has 0 unspecified atom stereocenters. The maximum Gasteiger partial charge on any atom is 0.410 e. The van der Waals surface area contributed by atoms with Crippen molar-refractivity contribution in [1.82, 2.24) is 4.90 Å². The van der Waals surface area contributed by atoms with Crippen LogP contribution in [-0.2, 0) is 4.74 Å². The number of hydrogen-bond acceptors (Lipinski definition) is 4. The van der Waals surface area contributed by atoms with Gasteiger partial charge in [-0.15, -0.1) is 0 Å². The summed E-state index contributed by atoms with van der Waals surface area (Å²) in [5.74, 6) is -4.29. The molecule has 3 rings (SSSR count). The van der Waals surface area contributed by atoms with Gasteiger partial charge in [0.15, 0.2) is 0 Å². The van der Waals surface area contributed by atoms with Gasteiger partial charge in [-0.25, -0.2) is 18.0 Å². The first kappa shape index (κ1) is 21.6. The molecule has 2 saturated heterocycles. The summed E-state index contributed by atoms with van der Waals surface area (Å²) in [6.45, 7) is 5.84. The van der Waals surface area contributed by atoms with Gasteiger partial charge in [-0.1, -0.05) is 0 Å². The summed E-state index contributed by atoms with van der Waals surface area (Å²) in [6, 6.07) is 4.56. The van der Waals surface area contributed by atoms with E-state index in [1.165, 1.54) is 6.07 Å². The second-order valence-corrected chi connectivity index (χ2v) is 9.09. The van der Waals surface area contributed by atoms with Gasteiger partial charge in [-0.05, 0) is 64.2 Å². The molecule has 5 nitrogen and oxygen atoms in total. The van der Waals surface area contributed by atoms with E-state index in [1.54, 1.807) is 32.9 Å². The van der Waals surface area contributed by atoms with Crippen molar-refractivity contribution in [3.05, 3.63) is 24.0 Å². The summed E-state index contributed by atoms with van der Waals surface area (Å²) < 4.78 is 49.2. The topological polar surface area (TPSA) is 58.8 Å². The van der Waals surface area contributed by atoms with Crippen molar-refractivity contribution >= 4 is 17.5 Å². The lowest BCUT2D eigenvalue weighted by Crippen LogP contribution is -2.54. The molecule has 2 heterocycles. The van der Waals surface area contributed by atoms with Crippen LogP contribution in [0.2, 0.25) is 0 Å². The first-order valence-electron chi connectivity index (χ1n) is 10.1. The Balaban J connectivity index is 1.59. The number of carbonyl (C=O) groups is 1. The van der Waals surface area contributed by atoms with Crippen LogP contribution in [0, 0.1) is 17.7 Å². The summed E-state index contributed by atoms with van der Waals surface area (Å²) in [5.41, 5.74) is 5.70. The number of hydrogen-bond donors (Lipinski definition) is 1. The second kappa shape index (κ2) is 7.95. The van der Waals surface area contributed by atoms with Crippen LogP contribution in [0.3, 0.4) is 0 Å². The fraction of sp³-hybridized carbons (Fsp3) is 0.667. The van der Waals surface area contributed by atoms with Crippen LogP contribution in [-0.4, -0.2) is 48.7 Å². The van der Waals surface area contributed by atoms with Gasteiger partial charge in [0.2, 0.25) is 0 Å². The van der Waals surface area contributed by atoms with E-state index in [2.05, 4.69) is 0 Å². The SMILES string of the molecule is CC(C)(C)OC(=O)N1CC[C@H](C2CCN(c3ccc(N)cc3F)CC2)C(F)(F)C1. The number of carbonyl (C=O) groups excluding carboxylic acids is 1. The smallest absolute Gasteiger partial charge is 0.410 e. The molecule has 1 atom stereocenters. The molecular weight excluding hydrogens is 383 g/mol. The van der Waals surface area contributed by atoms with E-state index in [1.807, 2.05) is 4.90 Å². The fourth-order valence-corrected chi connectivity index (χ4v) is 4.34. The Bertz CT molecular complexity index is 743. The Kier molecular flexibility index (Phi) is 5.92. The van der Waals surface area contributed by atoms with Gasteiger partial charge < -0.3 is 20.3 Å². The van der Waals surface area contributed by atoms with Gasteiger partial charge in [-0.2, -0.15) is 0 Å². The van der Waals surface area contributed by atoms with Crippen LogP contribution >= 0.6 is 0 Å². The average Bonchev–Trinajstić information content (AvgIpc) is 2.60. The number of halogens is 3. The zero-order valence-electron chi connectivity index (χ0n) is 17.3. The van der Waals surface area contributed by atoms with E-state index in [4.69, 9.17) is 10.5 Å². The van der Waals surface area contributed by atoms with Crippen molar-refractivity contribution in [1.29, 1.82) is 0 Å². The molecule has 1 aromatic rings. The highest BCUT2D eigenvalue weighted by atomic mass is 19.3. The molecule has 0 aliphatic carbocycles.